The summed E-state index contributed by atoms with van der Waals surface area (Å²) in [5.41, 5.74) is 1.67. The van der Waals surface area contributed by atoms with E-state index in [2.05, 4.69) is 16.3 Å². The Hall–Kier alpha value is -2.31. The SMILES string of the molecule is CS(=O)(=O)CCCOC(=O)N1CC2CCC(C1)N2CCCNc1ccc(C#N)cc1. The summed E-state index contributed by atoms with van der Waals surface area (Å²) >= 11 is 0. The highest BCUT2D eigenvalue weighted by Gasteiger charge is 2.41. The van der Waals surface area contributed by atoms with Gasteiger partial charge in [-0.15, -0.1) is 0 Å². The fourth-order valence-electron chi connectivity index (χ4n) is 4.23. The number of anilines is 1. The van der Waals surface area contributed by atoms with E-state index in [0.717, 1.165) is 38.0 Å². The standard InChI is InChI=1S/C21H30N4O4S/c1-30(27,28)13-3-12-29-21(26)24-15-19-8-9-20(16-24)25(19)11-2-10-23-18-6-4-17(14-22)5-7-18/h4-7,19-20,23H,2-3,8-13,15-16H2,1H3. The molecule has 2 aliphatic rings. The lowest BCUT2D eigenvalue weighted by atomic mass is 10.2. The maximum atomic E-state index is 12.3. The number of carbonyl (C=O) groups is 1. The molecule has 0 aliphatic carbocycles. The van der Waals surface area contributed by atoms with E-state index < -0.39 is 9.84 Å². The van der Waals surface area contributed by atoms with Crippen LogP contribution in [0.25, 0.3) is 0 Å². The van der Waals surface area contributed by atoms with Crippen molar-refractivity contribution in [3.8, 4) is 6.07 Å². The zero-order valence-corrected chi connectivity index (χ0v) is 18.2. The largest absolute Gasteiger partial charge is 0.449 e. The van der Waals surface area contributed by atoms with Crippen molar-refractivity contribution in [3.63, 3.8) is 0 Å². The number of piperazine rings is 1. The lowest BCUT2D eigenvalue weighted by Gasteiger charge is -2.40. The van der Waals surface area contributed by atoms with Gasteiger partial charge in [-0.25, -0.2) is 13.2 Å². The van der Waals surface area contributed by atoms with E-state index in [4.69, 9.17) is 10.00 Å². The molecule has 2 fully saturated rings. The fourth-order valence-corrected chi connectivity index (χ4v) is 4.88. The molecule has 1 aromatic carbocycles. The van der Waals surface area contributed by atoms with E-state index in [1.165, 1.54) is 6.26 Å². The molecule has 0 aromatic heterocycles. The van der Waals surface area contributed by atoms with Crippen LogP contribution in [0.1, 0.15) is 31.2 Å². The second-order valence-electron chi connectivity index (χ2n) is 8.10. The number of nitriles is 1. The highest BCUT2D eigenvalue weighted by Crippen LogP contribution is 2.30. The van der Waals surface area contributed by atoms with E-state index in [1.54, 1.807) is 4.90 Å². The van der Waals surface area contributed by atoms with Gasteiger partial charge in [-0.05, 0) is 49.9 Å². The summed E-state index contributed by atoms with van der Waals surface area (Å²) in [6, 6.07) is 10.3. The number of rotatable bonds is 9. The van der Waals surface area contributed by atoms with Gasteiger partial charge >= 0.3 is 6.09 Å². The molecule has 9 heteroatoms. The van der Waals surface area contributed by atoms with Gasteiger partial charge in [-0.2, -0.15) is 5.26 Å². The van der Waals surface area contributed by atoms with Crippen molar-refractivity contribution >= 4 is 21.6 Å². The number of fused-ring (bicyclic) bond motifs is 2. The molecule has 2 aliphatic heterocycles. The third-order valence-electron chi connectivity index (χ3n) is 5.71. The molecule has 30 heavy (non-hydrogen) atoms. The maximum absolute atomic E-state index is 12.3. The number of nitrogens with zero attached hydrogens (tertiary/aromatic N) is 3. The van der Waals surface area contributed by atoms with E-state index in [-0.39, 0.29) is 18.5 Å². The molecule has 2 bridgehead atoms. The Balaban J connectivity index is 1.37. The first-order valence-corrected chi connectivity index (χ1v) is 12.5. The van der Waals surface area contributed by atoms with Gasteiger partial charge in [0.2, 0.25) is 0 Å². The number of amides is 1. The molecule has 164 valence electrons. The molecule has 3 rings (SSSR count). The van der Waals surface area contributed by atoms with Crippen molar-refractivity contribution in [1.82, 2.24) is 9.80 Å². The van der Waals surface area contributed by atoms with Crippen LogP contribution in [0.3, 0.4) is 0 Å². The molecule has 8 nitrogen and oxygen atoms in total. The van der Waals surface area contributed by atoms with Crippen LogP contribution in [0.2, 0.25) is 0 Å². The Morgan fingerprint density at radius 2 is 1.87 bits per heavy atom. The van der Waals surface area contributed by atoms with Crippen molar-refractivity contribution in [2.75, 3.05) is 50.1 Å². The summed E-state index contributed by atoms with van der Waals surface area (Å²) < 4.78 is 27.6. The summed E-state index contributed by atoms with van der Waals surface area (Å²) in [5.74, 6) is 0.0375. The first-order chi connectivity index (χ1) is 14.4. The van der Waals surface area contributed by atoms with Gasteiger partial charge in [0.25, 0.3) is 0 Å². The summed E-state index contributed by atoms with van der Waals surface area (Å²) in [6.07, 6.45) is 4.37. The molecule has 0 spiro atoms. The summed E-state index contributed by atoms with van der Waals surface area (Å²) in [4.78, 5) is 16.6. The number of hydrogen-bond acceptors (Lipinski definition) is 7. The van der Waals surface area contributed by atoms with Gasteiger partial charge in [0.05, 0.1) is 24.0 Å². The van der Waals surface area contributed by atoms with Gasteiger partial charge < -0.3 is 15.0 Å². The average Bonchev–Trinajstić information content (AvgIpc) is 2.94. The minimum Gasteiger partial charge on any atom is -0.449 e. The molecule has 1 amide bonds. The van der Waals surface area contributed by atoms with E-state index in [0.29, 0.717) is 37.2 Å². The molecule has 0 saturated carbocycles. The maximum Gasteiger partial charge on any atom is 0.409 e. The van der Waals surface area contributed by atoms with Crippen LogP contribution in [0.15, 0.2) is 24.3 Å². The van der Waals surface area contributed by atoms with Crippen LogP contribution in [-0.4, -0.2) is 81.2 Å². The van der Waals surface area contributed by atoms with Crippen molar-refractivity contribution in [3.05, 3.63) is 29.8 Å². The van der Waals surface area contributed by atoms with Gasteiger partial charge in [-0.3, -0.25) is 4.90 Å². The lowest BCUT2D eigenvalue weighted by Crippen LogP contribution is -2.55. The third kappa shape index (κ3) is 6.34. The first kappa shape index (κ1) is 22.4. The number of likely N-dealkylation sites (tertiary alicyclic amines) is 1. The first-order valence-electron chi connectivity index (χ1n) is 10.4. The smallest absolute Gasteiger partial charge is 0.409 e. The van der Waals surface area contributed by atoms with E-state index in [9.17, 15) is 13.2 Å². The third-order valence-corrected chi connectivity index (χ3v) is 6.74. The highest BCUT2D eigenvalue weighted by molar-refractivity contribution is 7.90. The summed E-state index contributed by atoms with van der Waals surface area (Å²) in [7, 11) is -3.02. The second-order valence-corrected chi connectivity index (χ2v) is 10.4. The lowest BCUT2D eigenvalue weighted by molar-refractivity contribution is 0.0457. The molecular weight excluding hydrogens is 404 g/mol. The quantitative estimate of drug-likeness (QED) is 0.594. The number of hydrogen-bond donors (Lipinski definition) is 1. The van der Waals surface area contributed by atoms with Crippen LogP contribution in [0, 0.1) is 11.3 Å². The van der Waals surface area contributed by atoms with Crippen LogP contribution in [0.5, 0.6) is 0 Å². The van der Waals surface area contributed by atoms with Gasteiger partial charge in [0, 0.05) is 50.2 Å². The molecule has 2 saturated heterocycles. The predicted octanol–water partition coefficient (Wildman–Crippen LogP) is 2.08. The fraction of sp³-hybridized carbons (Fsp3) is 0.619. The molecule has 1 aromatic rings. The van der Waals surface area contributed by atoms with Crippen LogP contribution in [-0.2, 0) is 14.6 Å². The topological polar surface area (TPSA) is 103 Å². The monoisotopic (exact) mass is 434 g/mol. The Labute approximate surface area is 178 Å². The minimum absolute atomic E-state index is 0.0375. The molecular formula is C21H30N4O4S. The molecule has 2 heterocycles. The van der Waals surface area contributed by atoms with Gasteiger partial charge in [0.15, 0.2) is 0 Å². The minimum atomic E-state index is -3.02. The van der Waals surface area contributed by atoms with Crippen LogP contribution < -0.4 is 5.32 Å². The van der Waals surface area contributed by atoms with Crippen LogP contribution >= 0.6 is 0 Å². The Bertz CT molecular complexity index is 852. The zero-order valence-electron chi connectivity index (χ0n) is 17.4. The van der Waals surface area contributed by atoms with Gasteiger partial charge in [-0.1, -0.05) is 0 Å². The van der Waals surface area contributed by atoms with Crippen LogP contribution in [0.4, 0.5) is 10.5 Å². The van der Waals surface area contributed by atoms with E-state index >= 15 is 0 Å². The molecule has 1 N–H and O–H groups in total. The number of benzene rings is 1. The normalized spacial score (nSPS) is 21.3. The van der Waals surface area contributed by atoms with E-state index in [1.807, 2.05) is 24.3 Å². The van der Waals surface area contributed by atoms with Crippen molar-refractivity contribution < 1.29 is 17.9 Å². The Morgan fingerprint density at radius 3 is 2.47 bits per heavy atom. The molecule has 2 atom stereocenters. The average molecular weight is 435 g/mol. The summed E-state index contributed by atoms with van der Waals surface area (Å²) in [5, 5.41) is 12.2. The number of sulfone groups is 1. The molecule has 2 unspecified atom stereocenters. The zero-order chi connectivity index (χ0) is 21.6. The molecule has 0 radical (unpaired) electrons. The number of carbonyl (C=O) groups excluding carboxylic acids is 1. The summed E-state index contributed by atoms with van der Waals surface area (Å²) in [6.45, 7) is 3.32. The van der Waals surface area contributed by atoms with Crippen molar-refractivity contribution in [1.29, 1.82) is 5.26 Å². The Morgan fingerprint density at radius 1 is 1.20 bits per heavy atom. The number of ether oxygens (including phenoxy) is 1. The highest BCUT2D eigenvalue weighted by atomic mass is 32.2. The second kappa shape index (κ2) is 10.1. The van der Waals surface area contributed by atoms with Gasteiger partial charge in [0.1, 0.15) is 9.84 Å². The number of nitrogens with one attached hydrogen (secondary N) is 1. The predicted molar refractivity (Wildman–Crippen MR) is 115 cm³/mol. The van der Waals surface area contributed by atoms with Crippen molar-refractivity contribution in [2.24, 2.45) is 0 Å². The van der Waals surface area contributed by atoms with Crippen molar-refractivity contribution in [2.45, 2.75) is 37.8 Å². The Kier molecular flexibility index (Phi) is 7.56.